The monoisotopic (exact) mass is 278 g/mol. The zero-order valence-corrected chi connectivity index (χ0v) is 12.3. The van der Waals surface area contributed by atoms with E-state index >= 15 is 0 Å². The van der Waals surface area contributed by atoms with E-state index in [-0.39, 0.29) is 0 Å². The van der Waals surface area contributed by atoms with Gasteiger partial charge in [0.2, 0.25) is 0 Å². The first kappa shape index (κ1) is 13.4. The predicted octanol–water partition coefficient (Wildman–Crippen LogP) is 4.39. The van der Waals surface area contributed by atoms with Crippen LogP contribution in [0.5, 0.6) is 0 Å². The molecule has 4 heteroatoms. The number of halogens is 1. The van der Waals surface area contributed by atoms with Crippen molar-refractivity contribution in [3.8, 4) is 11.4 Å². The lowest BCUT2D eigenvalue weighted by Crippen LogP contribution is -1.99. The van der Waals surface area contributed by atoms with Crippen molar-refractivity contribution in [3.63, 3.8) is 0 Å². The van der Waals surface area contributed by atoms with Gasteiger partial charge in [0, 0.05) is 21.7 Å². The van der Waals surface area contributed by atoms with E-state index in [1.165, 1.54) is 4.90 Å². The van der Waals surface area contributed by atoms with Crippen LogP contribution < -0.4 is 0 Å². The average Bonchev–Trinajstić information content (AvgIpc) is 2.42. The van der Waals surface area contributed by atoms with Gasteiger partial charge in [-0.1, -0.05) is 30.7 Å². The summed E-state index contributed by atoms with van der Waals surface area (Å²) in [6, 6.07) is 8.21. The molecule has 2 aromatic rings. The van der Waals surface area contributed by atoms with Gasteiger partial charge in [-0.2, -0.15) is 0 Å². The van der Waals surface area contributed by atoms with Gasteiger partial charge in [-0.05, 0) is 31.7 Å². The number of benzene rings is 1. The van der Waals surface area contributed by atoms with Crippen LogP contribution in [0.1, 0.15) is 18.2 Å². The predicted molar refractivity (Wildman–Crippen MR) is 78.4 cm³/mol. The smallest absolute Gasteiger partial charge is 0.161 e. The Labute approximate surface area is 117 Å². The minimum absolute atomic E-state index is 0.547. The first-order valence-electron chi connectivity index (χ1n) is 5.83. The molecule has 0 saturated heterocycles. The molecule has 2 nitrogen and oxygen atoms in total. The Kier molecular flexibility index (Phi) is 4.25. The summed E-state index contributed by atoms with van der Waals surface area (Å²) in [5, 5.41) is 0.547. The summed E-state index contributed by atoms with van der Waals surface area (Å²) in [6.45, 7) is 4.04. The standard InChI is InChI=1S/C14H15ClN2S/c1-4-12-9(2)13(15)17-14(16-12)10-5-7-11(18-3)8-6-10/h5-8H,4H2,1-3H3. The maximum Gasteiger partial charge on any atom is 0.161 e. The summed E-state index contributed by atoms with van der Waals surface area (Å²) < 4.78 is 0. The van der Waals surface area contributed by atoms with Gasteiger partial charge >= 0.3 is 0 Å². The van der Waals surface area contributed by atoms with Crippen LogP contribution in [0.25, 0.3) is 11.4 Å². The molecule has 94 valence electrons. The van der Waals surface area contributed by atoms with Gasteiger partial charge < -0.3 is 0 Å². The van der Waals surface area contributed by atoms with E-state index in [2.05, 4.69) is 35.3 Å². The Balaban J connectivity index is 2.46. The minimum atomic E-state index is 0.547. The number of aryl methyl sites for hydroxylation is 1. The zero-order valence-electron chi connectivity index (χ0n) is 10.7. The van der Waals surface area contributed by atoms with Crippen LogP contribution in [0, 0.1) is 6.92 Å². The zero-order chi connectivity index (χ0) is 13.1. The first-order valence-corrected chi connectivity index (χ1v) is 7.43. The van der Waals surface area contributed by atoms with Gasteiger partial charge in [-0.15, -0.1) is 11.8 Å². The molecule has 1 heterocycles. The van der Waals surface area contributed by atoms with Gasteiger partial charge in [0.15, 0.2) is 5.82 Å². The van der Waals surface area contributed by atoms with Crippen LogP contribution in [0.2, 0.25) is 5.15 Å². The van der Waals surface area contributed by atoms with Crippen LogP contribution >= 0.6 is 23.4 Å². The van der Waals surface area contributed by atoms with Crippen LogP contribution in [0.4, 0.5) is 0 Å². The highest BCUT2D eigenvalue weighted by Gasteiger charge is 2.09. The van der Waals surface area contributed by atoms with Crippen molar-refractivity contribution < 1.29 is 0 Å². The van der Waals surface area contributed by atoms with E-state index in [0.29, 0.717) is 11.0 Å². The van der Waals surface area contributed by atoms with Crippen molar-refractivity contribution in [1.82, 2.24) is 9.97 Å². The summed E-state index contributed by atoms with van der Waals surface area (Å²) in [4.78, 5) is 10.2. The largest absolute Gasteiger partial charge is 0.233 e. The number of hydrogen-bond donors (Lipinski definition) is 0. The number of aromatic nitrogens is 2. The van der Waals surface area contributed by atoms with Crippen molar-refractivity contribution in [1.29, 1.82) is 0 Å². The lowest BCUT2D eigenvalue weighted by Gasteiger charge is -2.08. The molecule has 2 rings (SSSR count). The van der Waals surface area contributed by atoms with Crippen molar-refractivity contribution in [3.05, 3.63) is 40.7 Å². The molecule has 1 aromatic heterocycles. The van der Waals surface area contributed by atoms with Crippen molar-refractivity contribution in [2.75, 3.05) is 6.26 Å². The SMILES string of the molecule is CCc1nc(-c2ccc(SC)cc2)nc(Cl)c1C. The number of rotatable bonds is 3. The fourth-order valence-electron chi connectivity index (χ4n) is 1.75. The lowest BCUT2D eigenvalue weighted by molar-refractivity contribution is 0.976. The third-order valence-corrected chi connectivity index (χ3v) is 3.98. The maximum absolute atomic E-state index is 6.15. The molecule has 0 amide bonds. The molecule has 0 spiro atoms. The molecule has 0 unspecified atom stereocenters. The topological polar surface area (TPSA) is 25.8 Å². The van der Waals surface area contributed by atoms with Gasteiger partial charge in [0.05, 0.1) is 0 Å². The summed E-state index contributed by atoms with van der Waals surface area (Å²) in [5.41, 5.74) is 2.99. The highest BCUT2D eigenvalue weighted by Crippen LogP contribution is 2.24. The summed E-state index contributed by atoms with van der Waals surface area (Å²) in [5.74, 6) is 0.704. The summed E-state index contributed by atoms with van der Waals surface area (Å²) >= 11 is 7.87. The number of hydrogen-bond acceptors (Lipinski definition) is 3. The van der Waals surface area contributed by atoms with Gasteiger partial charge in [-0.3, -0.25) is 0 Å². The molecule has 0 aliphatic heterocycles. The Bertz CT molecular complexity index is 552. The highest BCUT2D eigenvalue weighted by atomic mass is 35.5. The summed E-state index contributed by atoms with van der Waals surface area (Å²) in [7, 11) is 0. The molecule has 0 bridgehead atoms. The summed E-state index contributed by atoms with van der Waals surface area (Å²) in [6.07, 6.45) is 2.92. The molecule has 0 N–H and O–H groups in total. The van der Waals surface area contributed by atoms with Crippen LogP contribution in [-0.2, 0) is 6.42 Å². The molecule has 1 aromatic carbocycles. The average molecular weight is 279 g/mol. The van der Waals surface area contributed by atoms with Crippen molar-refractivity contribution >= 4 is 23.4 Å². The van der Waals surface area contributed by atoms with E-state index in [4.69, 9.17) is 11.6 Å². The Morgan fingerprint density at radius 2 is 1.83 bits per heavy atom. The van der Waals surface area contributed by atoms with Crippen molar-refractivity contribution in [2.24, 2.45) is 0 Å². The van der Waals surface area contributed by atoms with E-state index in [1.54, 1.807) is 11.8 Å². The number of nitrogens with zero attached hydrogens (tertiary/aromatic N) is 2. The van der Waals surface area contributed by atoms with E-state index in [0.717, 1.165) is 23.2 Å². The molecule has 0 aliphatic carbocycles. The molecule has 18 heavy (non-hydrogen) atoms. The van der Waals surface area contributed by atoms with Gasteiger partial charge in [-0.25, -0.2) is 9.97 Å². The van der Waals surface area contributed by atoms with E-state index < -0.39 is 0 Å². The minimum Gasteiger partial charge on any atom is -0.233 e. The Morgan fingerprint density at radius 1 is 1.17 bits per heavy atom. The van der Waals surface area contributed by atoms with Crippen LogP contribution in [0.3, 0.4) is 0 Å². The van der Waals surface area contributed by atoms with Crippen LogP contribution in [0.15, 0.2) is 29.2 Å². The molecular weight excluding hydrogens is 264 g/mol. The third-order valence-electron chi connectivity index (χ3n) is 2.87. The van der Waals surface area contributed by atoms with Gasteiger partial charge in [0.25, 0.3) is 0 Å². The van der Waals surface area contributed by atoms with E-state index in [1.807, 2.05) is 19.1 Å². The number of thioether (sulfide) groups is 1. The molecule has 0 fully saturated rings. The molecule has 0 aliphatic rings. The molecule has 0 radical (unpaired) electrons. The lowest BCUT2D eigenvalue weighted by atomic mass is 10.1. The highest BCUT2D eigenvalue weighted by molar-refractivity contribution is 7.98. The second-order valence-electron chi connectivity index (χ2n) is 3.99. The Morgan fingerprint density at radius 3 is 2.39 bits per heavy atom. The molecule has 0 atom stereocenters. The fourth-order valence-corrected chi connectivity index (χ4v) is 2.34. The van der Waals surface area contributed by atoms with Gasteiger partial charge in [0.1, 0.15) is 5.15 Å². The maximum atomic E-state index is 6.15. The second kappa shape index (κ2) is 5.72. The quantitative estimate of drug-likeness (QED) is 0.615. The van der Waals surface area contributed by atoms with E-state index in [9.17, 15) is 0 Å². The fraction of sp³-hybridized carbons (Fsp3) is 0.286. The first-order chi connectivity index (χ1) is 8.65. The third kappa shape index (κ3) is 2.68. The van der Waals surface area contributed by atoms with Crippen molar-refractivity contribution in [2.45, 2.75) is 25.2 Å². The second-order valence-corrected chi connectivity index (χ2v) is 5.23. The normalized spacial score (nSPS) is 10.7. The Hall–Kier alpha value is -1.06. The molecule has 0 saturated carbocycles. The molecular formula is C14H15ClN2S. The van der Waals surface area contributed by atoms with Crippen LogP contribution in [-0.4, -0.2) is 16.2 Å².